The molecule has 1 fully saturated rings. The third-order valence-electron chi connectivity index (χ3n) is 4.37. The Morgan fingerprint density at radius 3 is 2.83 bits per heavy atom. The topological polar surface area (TPSA) is 51.4 Å². The molecule has 0 bridgehead atoms. The Morgan fingerprint density at radius 1 is 1.29 bits per heavy atom. The third-order valence-corrected chi connectivity index (χ3v) is 4.72. The lowest BCUT2D eigenvalue weighted by Crippen LogP contribution is -2.45. The molecule has 0 saturated carbocycles. The smallest absolute Gasteiger partial charge is 0.269 e. The van der Waals surface area contributed by atoms with Gasteiger partial charge in [0.2, 0.25) is 0 Å². The lowest BCUT2D eigenvalue weighted by Gasteiger charge is -2.36. The predicted molar refractivity (Wildman–Crippen MR) is 96.3 cm³/mol. The molecule has 2 aromatic rings. The SMILES string of the molecule is CN(C)C(=O)c1ccc(CN2CCNCC2c2ccccc2Cl)[nH]1. The van der Waals surface area contributed by atoms with Crippen LogP contribution in [0.15, 0.2) is 36.4 Å². The van der Waals surface area contributed by atoms with E-state index >= 15 is 0 Å². The minimum absolute atomic E-state index is 0.00999. The molecule has 0 spiro atoms. The van der Waals surface area contributed by atoms with Gasteiger partial charge in [-0.3, -0.25) is 9.69 Å². The van der Waals surface area contributed by atoms with Crippen LogP contribution in [0.25, 0.3) is 0 Å². The van der Waals surface area contributed by atoms with E-state index in [1.807, 2.05) is 30.3 Å². The van der Waals surface area contributed by atoms with Crippen LogP contribution < -0.4 is 5.32 Å². The van der Waals surface area contributed by atoms with E-state index < -0.39 is 0 Å². The van der Waals surface area contributed by atoms with E-state index in [-0.39, 0.29) is 11.9 Å². The molecule has 0 radical (unpaired) electrons. The fourth-order valence-electron chi connectivity index (χ4n) is 3.10. The second-order valence-corrected chi connectivity index (χ2v) is 6.72. The van der Waals surface area contributed by atoms with Crippen LogP contribution in [0.5, 0.6) is 0 Å². The first-order valence-corrected chi connectivity index (χ1v) is 8.53. The fourth-order valence-corrected chi connectivity index (χ4v) is 3.37. The molecular formula is C18H23ClN4O. The van der Waals surface area contributed by atoms with Gasteiger partial charge in [0.15, 0.2) is 0 Å². The second-order valence-electron chi connectivity index (χ2n) is 6.31. The molecular weight excluding hydrogens is 324 g/mol. The molecule has 1 unspecified atom stereocenters. The number of carbonyl (C=O) groups excluding carboxylic acids is 1. The van der Waals surface area contributed by atoms with Crippen molar-refractivity contribution in [1.82, 2.24) is 20.1 Å². The van der Waals surface area contributed by atoms with Crippen molar-refractivity contribution < 1.29 is 4.79 Å². The van der Waals surface area contributed by atoms with Crippen LogP contribution in [0, 0.1) is 0 Å². The number of benzene rings is 1. The number of amides is 1. The summed E-state index contributed by atoms with van der Waals surface area (Å²) in [6.07, 6.45) is 0. The Balaban J connectivity index is 1.77. The largest absolute Gasteiger partial charge is 0.353 e. The first-order valence-electron chi connectivity index (χ1n) is 8.15. The molecule has 5 nitrogen and oxygen atoms in total. The van der Waals surface area contributed by atoms with Crippen LogP contribution in [-0.4, -0.2) is 54.4 Å². The summed E-state index contributed by atoms with van der Waals surface area (Å²) < 4.78 is 0. The van der Waals surface area contributed by atoms with Crippen molar-refractivity contribution in [2.24, 2.45) is 0 Å². The van der Waals surface area contributed by atoms with Crippen molar-refractivity contribution in [2.75, 3.05) is 33.7 Å². The Bertz CT molecular complexity index is 713. The number of piperazine rings is 1. The average molecular weight is 347 g/mol. The van der Waals surface area contributed by atoms with E-state index in [1.165, 1.54) is 0 Å². The number of rotatable bonds is 4. The molecule has 2 heterocycles. The van der Waals surface area contributed by atoms with Gasteiger partial charge in [0.05, 0.1) is 0 Å². The van der Waals surface area contributed by atoms with E-state index in [4.69, 9.17) is 11.6 Å². The number of carbonyl (C=O) groups is 1. The average Bonchev–Trinajstić information content (AvgIpc) is 3.04. The van der Waals surface area contributed by atoms with E-state index in [0.717, 1.165) is 42.5 Å². The predicted octanol–water partition coefficient (Wildman–Crippen LogP) is 2.52. The van der Waals surface area contributed by atoms with Crippen LogP contribution in [0.3, 0.4) is 0 Å². The first kappa shape index (κ1) is 17.0. The molecule has 1 aromatic heterocycles. The third kappa shape index (κ3) is 3.64. The van der Waals surface area contributed by atoms with Crippen molar-refractivity contribution in [3.8, 4) is 0 Å². The fraction of sp³-hybridized carbons (Fsp3) is 0.389. The highest BCUT2D eigenvalue weighted by Crippen LogP contribution is 2.29. The number of nitrogens with zero attached hydrogens (tertiary/aromatic N) is 2. The zero-order valence-electron chi connectivity index (χ0n) is 14.1. The molecule has 3 rings (SSSR count). The van der Waals surface area contributed by atoms with E-state index in [2.05, 4.69) is 21.3 Å². The van der Waals surface area contributed by atoms with Gasteiger partial charge in [-0.25, -0.2) is 0 Å². The summed E-state index contributed by atoms with van der Waals surface area (Å²) in [5, 5.41) is 4.24. The zero-order chi connectivity index (χ0) is 17.1. The number of aromatic amines is 1. The van der Waals surface area contributed by atoms with Crippen molar-refractivity contribution in [3.63, 3.8) is 0 Å². The molecule has 1 aliphatic heterocycles. The van der Waals surface area contributed by atoms with Gasteiger partial charge in [-0.05, 0) is 23.8 Å². The van der Waals surface area contributed by atoms with Gasteiger partial charge in [0.1, 0.15) is 5.69 Å². The van der Waals surface area contributed by atoms with Crippen LogP contribution in [0.4, 0.5) is 0 Å². The number of hydrogen-bond acceptors (Lipinski definition) is 3. The van der Waals surface area contributed by atoms with Crippen LogP contribution in [0.2, 0.25) is 5.02 Å². The highest BCUT2D eigenvalue weighted by atomic mass is 35.5. The molecule has 6 heteroatoms. The molecule has 0 aliphatic carbocycles. The number of halogens is 1. The molecule has 128 valence electrons. The van der Waals surface area contributed by atoms with Gasteiger partial charge in [-0.2, -0.15) is 0 Å². The summed E-state index contributed by atoms with van der Waals surface area (Å²) in [5.41, 5.74) is 2.81. The summed E-state index contributed by atoms with van der Waals surface area (Å²) in [4.78, 5) is 19.2. The Labute approximate surface area is 147 Å². The highest BCUT2D eigenvalue weighted by Gasteiger charge is 2.26. The lowest BCUT2D eigenvalue weighted by atomic mass is 10.0. The van der Waals surface area contributed by atoms with Crippen molar-refractivity contribution in [1.29, 1.82) is 0 Å². The zero-order valence-corrected chi connectivity index (χ0v) is 14.8. The summed E-state index contributed by atoms with van der Waals surface area (Å²) in [5.74, 6) is -0.00999. The maximum Gasteiger partial charge on any atom is 0.269 e. The molecule has 24 heavy (non-hydrogen) atoms. The van der Waals surface area contributed by atoms with Gasteiger partial charge < -0.3 is 15.2 Å². The standard InChI is InChI=1S/C18H23ClN4O/c1-22(2)18(24)16-8-7-13(21-16)12-23-10-9-20-11-17(23)14-5-3-4-6-15(14)19/h3-8,17,20-21H,9-12H2,1-2H3. The van der Waals surface area contributed by atoms with Gasteiger partial charge in [0.25, 0.3) is 5.91 Å². The molecule has 1 aliphatic rings. The van der Waals surface area contributed by atoms with E-state index in [0.29, 0.717) is 5.69 Å². The van der Waals surface area contributed by atoms with Crippen LogP contribution in [0.1, 0.15) is 27.8 Å². The molecule has 1 saturated heterocycles. The number of nitrogens with one attached hydrogen (secondary N) is 2. The quantitative estimate of drug-likeness (QED) is 0.894. The maximum atomic E-state index is 12.0. The molecule has 1 aromatic carbocycles. The number of aromatic nitrogens is 1. The summed E-state index contributed by atoms with van der Waals surface area (Å²) in [7, 11) is 3.51. The summed E-state index contributed by atoms with van der Waals surface area (Å²) >= 11 is 6.39. The highest BCUT2D eigenvalue weighted by molar-refractivity contribution is 6.31. The summed E-state index contributed by atoms with van der Waals surface area (Å²) in [6, 6.07) is 12.1. The van der Waals surface area contributed by atoms with E-state index in [1.54, 1.807) is 19.0 Å². The summed E-state index contributed by atoms with van der Waals surface area (Å²) in [6.45, 7) is 3.52. The van der Waals surface area contributed by atoms with Crippen LogP contribution in [-0.2, 0) is 6.54 Å². The minimum Gasteiger partial charge on any atom is -0.353 e. The number of hydrogen-bond donors (Lipinski definition) is 2. The van der Waals surface area contributed by atoms with Crippen molar-refractivity contribution in [3.05, 3.63) is 58.4 Å². The lowest BCUT2D eigenvalue weighted by molar-refractivity contribution is 0.0822. The van der Waals surface area contributed by atoms with E-state index in [9.17, 15) is 4.79 Å². The van der Waals surface area contributed by atoms with Crippen LogP contribution >= 0.6 is 11.6 Å². The minimum atomic E-state index is -0.00999. The van der Waals surface area contributed by atoms with Crippen molar-refractivity contribution >= 4 is 17.5 Å². The van der Waals surface area contributed by atoms with Crippen molar-refractivity contribution in [2.45, 2.75) is 12.6 Å². The Kier molecular flexibility index (Phi) is 5.23. The molecule has 2 N–H and O–H groups in total. The molecule has 1 atom stereocenters. The first-order chi connectivity index (χ1) is 11.6. The second kappa shape index (κ2) is 7.38. The van der Waals surface area contributed by atoms with Gasteiger partial charge in [-0.1, -0.05) is 29.8 Å². The maximum absolute atomic E-state index is 12.0. The van der Waals surface area contributed by atoms with Gasteiger partial charge in [0, 0.05) is 57.0 Å². The monoisotopic (exact) mass is 346 g/mol. The Morgan fingerprint density at radius 2 is 2.08 bits per heavy atom. The van der Waals surface area contributed by atoms with Gasteiger partial charge >= 0.3 is 0 Å². The number of H-pyrrole nitrogens is 1. The van der Waals surface area contributed by atoms with Gasteiger partial charge in [-0.15, -0.1) is 0 Å². The molecule has 1 amide bonds. The normalized spacial score (nSPS) is 18.5. The Hall–Kier alpha value is -1.82.